The van der Waals surface area contributed by atoms with Gasteiger partial charge in [0.05, 0.1) is 21.3 Å². The summed E-state index contributed by atoms with van der Waals surface area (Å²) >= 11 is 0. The summed E-state index contributed by atoms with van der Waals surface area (Å²) in [7, 11) is 4.63. The van der Waals surface area contributed by atoms with Crippen molar-refractivity contribution in [3.05, 3.63) is 48.0 Å². The van der Waals surface area contributed by atoms with Crippen LogP contribution in [0.15, 0.2) is 36.9 Å². The lowest BCUT2D eigenvalue weighted by Crippen LogP contribution is -1.96. The Morgan fingerprint density at radius 1 is 0.826 bits per heavy atom. The van der Waals surface area contributed by atoms with Crippen LogP contribution >= 0.6 is 0 Å². The van der Waals surface area contributed by atoms with Crippen LogP contribution in [0.2, 0.25) is 0 Å². The van der Waals surface area contributed by atoms with Crippen molar-refractivity contribution < 1.29 is 23.7 Å². The molecule has 0 atom stereocenters. The van der Waals surface area contributed by atoms with E-state index in [9.17, 15) is 4.79 Å². The van der Waals surface area contributed by atoms with Crippen LogP contribution in [0.25, 0.3) is 6.08 Å². The van der Waals surface area contributed by atoms with Gasteiger partial charge in [-0.25, -0.2) is 0 Å². The maximum atomic E-state index is 10.9. The molecule has 0 aliphatic heterocycles. The molecule has 0 N–H and O–H groups in total. The molecule has 5 nitrogen and oxygen atoms in total. The Kier molecular flexibility index (Phi) is 5.25. The maximum Gasteiger partial charge on any atom is 0.173 e. The molecule has 120 valence electrons. The van der Waals surface area contributed by atoms with Gasteiger partial charge in [-0.15, -0.1) is 0 Å². The average molecular weight is 314 g/mol. The number of benzene rings is 2. The molecule has 23 heavy (non-hydrogen) atoms. The molecule has 0 aliphatic rings. The number of hydrogen-bond donors (Lipinski definition) is 0. The number of carbonyl (C=O) groups excluding carboxylic acids is 1. The van der Waals surface area contributed by atoms with E-state index < -0.39 is 0 Å². The van der Waals surface area contributed by atoms with Gasteiger partial charge in [0.1, 0.15) is 12.0 Å². The second-order valence-corrected chi connectivity index (χ2v) is 4.58. The number of ether oxygens (including phenoxy) is 4. The van der Waals surface area contributed by atoms with E-state index in [4.69, 9.17) is 18.9 Å². The fraction of sp³-hybridized carbons (Fsp3) is 0.167. The SMILES string of the molecule is C=Cc1cc(OC)c(Oc2ccc(C=O)cc2OC)cc1OC. The maximum absolute atomic E-state index is 10.9. The predicted octanol–water partition coefficient (Wildman–Crippen LogP) is 3.96. The molecule has 0 saturated heterocycles. The highest BCUT2D eigenvalue weighted by atomic mass is 16.5. The minimum atomic E-state index is 0.448. The molecule has 5 heteroatoms. The third-order valence-corrected chi connectivity index (χ3v) is 3.28. The van der Waals surface area contributed by atoms with Gasteiger partial charge in [-0.3, -0.25) is 4.79 Å². The highest BCUT2D eigenvalue weighted by molar-refractivity contribution is 5.76. The van der Waals surface area contributed by atoms with Crippen molar-refractivity contribution in [2.24, 2.45) is 0 Å². The van der Waals surface area contributed by atoms with E-state index in [1.54, 1.807) is 50.6 Å². The second kappa shape index (κ2) is 7.35. The van der Waals surface area contributed by atoms with Gasteiger partial charge in [0.2, 0.25) is 0 Å². The predicted molar refractivity (Wildman–Crippen MR) is 88.1 cm³/mol. The highest BCUT2D eigenvalue weighted by Crippen LogP contribution is 2.40. The Morgan fingerprint density at radius 3 is 2.04 bits per heavy atom. The zero-order chi connectivity index (χ0) is 16.8. The van der Waals surface area contributed by atoms with Crippen molar-refractivity contribution >= 4 is 12.4 Å². The second-order valence-electron chi connectivity index (χ2n) is 4.58. The van der Waals surface area contributed by atoms with Crippen LogP contribution < -0.4 is 18.9 Å². The van der Waals surface area contributed by atoms with Gasteiger partial charge < -0.3 is 18.9 Å². The molecule has 0 radical (unpaired) electrons. The quantitative estimate of drug-likeness (QED) is 0.724. The molecule has 2 aromatic carbocycles. The average Bonchev–Trinajstić information content (AvgIpc) is 2.61. The fourth-order valence-corrected chi connectivity index (χ4v) is 2.09. The van der Waals surface area contributed by atoms with Gasteiger partial charge in [-0.2, -0.15) is 0 Å². The summed E-state index contributed by atoms with van der Waals surface area (Å²) in [6.45, 7) is 3.75. The van der Waals surface area contributed by atoms with Crippen molar-refractivity contribution in [1.29, 1.82) is 0 Å². The molecule has 0 aromatic heterocycles. The zero-order valence-corrected chi connectivity index (χ0v) is 13.3. The van der Waals surface area contributed by atoms with Gasteiger partial charge in [0.25, 0.3) is 0 Å². The molecule has 0 aliphatic carbocycles. The Balaban J connectivity index is 2.47. The summed E-state index contributed by atoms with van der Waals surface area (Å²) in [5.41, 5.74) is 1.29. The van der Waals surface area contributed by atoms with Crippen molar-refractivity contribution in [3.63, 3.8) is 0 Å². The van der Waals surface area contributed by atoms with Crippen LogP contribution in [-0.2, 0) is 0 Å². The number of carbonyl (C=O) groups is 1. The monoisotopic (exact) mass is 314 g/mol. The number of methoxy groups -OCH3 is 3. The van der Waals surface area contributed by atoms with Crippen molar-refractivity contribution in [3.8, 4) is 28.7 Å². The first kappa shape index (κ1) is 16.4. The Morgan fingerprint density at radius 2 is 1.48 bits per heavy atom. The van der Waals surface area contributed by atoms with E-state index in [0.29, 0.717) is 34.3 Å². The molecular formula is C18H18O5. The molecule has 0 bridgehead atoms. The summed E-state index contributed by atoms with van der Waals surface area (Å²) in [5.74, 6) is 2.52. The Labute approximate surface area is 135 Å². The van der Waals surface area contributed by atoms with Crippen molar-refractivity contribution in [2.75, 3.05) is 21.3 Å². The van der Waals surface area contributed by atoms with Gasteiger partial charge in [0.15, 0.2) is 23.0 Å². The van der Waals surface area contributed by atoms with Gasteiger partial charge in [-0.1, -0.05) is 12.7 Å². The summed E-state index contributed by atoms with van der Waals surface area (Å²) in [5, 5.41) is 0. The minimum absolute atomic E-state index is 0.448. The van der Waals surface area contributed by atoms with Gasteiger partial charge in [0, 0.05) is 17.2 Å². The van der Waals surface area contributed by atoms with Crippen LogP contribution in [0.5, 0.6) is 28.7 Å². The first-order valence-electron chi connectivity index (χ1n) is 6.86. The number of aldehydes is 1. The van der Waals surface area contributed by atoms with E-state index >= 15 is 0 Å². The molecule has 2 aromatic rings. The van der Waals surface area contributed by atoms with Crippen LogP contribution in [0.4, 0.5) is 0 Å². The third-order valence-electron chi connectivity index (χ3n) is 3.28. The first-order valence-corrected chi connectivity index (χ1v) is 6.86. The van der Waals surface area contributed by atoms with Crippen molar-refractivity contribution in [2.45, 2.75) is 0 Å². The van der Waals surface area contributed by atoms with E-state index in [1.807, 2.05) is 0 Å². The molecule has 0 spiro atoms. The molecule has 0 fully saturated rings. The summed E-state index contributed by atoms with van der Waals surface area (Å²) < 4.78 is 21.8. The topological polar surface area (TPSA) is 54.0 Å². The molecule has 2 rings (SSSR count). The van der Waals surface area contributed by atoms with E-state index in [2.05, 4.69) is 6.58 Å². The van der Waals surface area contributed by atoms with Crippen molar-refractivity contribution in [1.82, 2.24) is 0 Å². The van der Waals surface area contributed by atoms with E-state index in [1.165, 1.54) is 7.11 Å². The zero-order valence-electron chi connectivity index (χ0n) is 13.3. The standard InChI is InChI=1S/C18H18O5/c1-5-13-9-17(22-4)18(10-15(13)20-2)23-14-7-6-12(11-19)8-16(14)21-3/h5-11H,1H2,2-4H3. The third kappa shape index (κ3) is 3.45. The normalized spacial score (nSPS) is 9.87. The number of rotatable bonds is 7. The summed E-state index contributed by atoms with van der Waals surface area (Å²) in [4.78, 5) is 10.9. The lowest BCUT2D eigenvalue weighted by Gasteiger charge is -2.15. The van der Waals surface area contributed by atoms with Crippen LogP contribution in [0.1, 0.15) is 15.9 Å². The van der Waals surface area contributed by atoms with Gasteiger partial charge >= 0.3 is 0 Å². The molecule has 0 heterocycles. The number of hydrogen-bond acceptors (Lipinski definition) is 5. The van der Waals surface area contributed by atoms with E-state index in [-0.39, 0.29) is 0 Å². The Bertz CT molecular complexity index is 722. The van der Waals surface area contributed by atoms with E-state index in [0.717, 1.165) is 11.8 Å². The minimum Gasteiger partial charge on any atom is -0.496 e. The fourth-order valence-electron chi connectivity index (χ4n) is 2.09. The Hall–Kier alpha value is -2.95. The molecular weight excluding hydrogens is 296 g/mol. The van der Waals surface area contributed by atoms with Gasteiger partial charge in [-0.05, 0) is 24.3 Å². The summed E-state index contributed by atoms with van der Waals surface area (Å²) in [6.07, 6.45) is 2.42. The highest BCUT2D eigenvalue weighted by Gasteiger charge is 2.14. The largest absolute Gasteiger partial charge is 0.496 e. The molecule has 0 saturated carbocycles. The first-order chi connectivity index (χ1) is 11.2. The smallest absolute Gasteiger partial charge is 0.173 e. The molecule has 0 amide bonds. The lowest BCUT2D eigenvalue weighted by atomic mass is 10.1. The van der Waals surface area contributed by atoms with Crippen LogP contribution in [-0.4, -0.2) is 27.6 Å². The van der Waals surface area contributed by atoms with Crippen LogP contribution in [0, 0.1) is 0 Å². The molecule has 0 unspecified atom stereocenters. The summed E-state index contributed by atoms with van der Waals surface area (Å²) in [6, 6.07) is 8.39. The van der Waals surface area contributed by atoms with Crippen LogP contribution in [0.3, 0.4) is 0 Å². The lowest BCUT2D eigenvalue weighted by molar-refractivity contribution is 0.112.